The minimum Gasteiger partial charge on any atom is -0.454 e. The number of pyridine rings is 1. The van der Waals surface area contributed by atoms with Gasteiger partial charge in [-0.1, -0.05) is 0 Å². The predicted octanol–water partition coefficient (Wildman–Crippen LogP) is 2.93. The van der Waals surface area contributed by atoms with Crippen LogP contribution in [0.15, 0.2) is 24.4 Å². The molecule has 0 fully saturated rings. The highest BCUT2D eigenvalue weighted by Crippen LogP contribution is 2.35. The zero-order valence-corrected chi connectivity index (χ0v) is 10.7. The average molecular weight is 285 g/mol. The second-order valence-electron chi connectivity index (χ2n) is 4.16. The van der Waals surface area contributed by atoms with E-state index in [1.54, 1.807) is 12.3 Å². The second-order valence-corrected chi connectivity index (χ2v) is 4.54. The van der Waals surface area contributed by atoms with Gasteiger partial charge in [0.1, 0.15) is 0 Å². The maximum Gasteiger partial charge on any atom is 0.280 e. The standard InChI is InChI=1S/C13H9ClF2NO2/c1-7-2-3-10(14)17(5-7)8-4-9-11(15)12(16)13(8)19-6-18-9/h2-5H,6H2,1H3/q+1. The van der Waals surface area contributed by atoms with E-state index in [0.29, 0.717) is 10.8 Å². The number of fused-ring (bicyclic) bond motifs is 4. The van der Waals surface area contributed by atoms with Crippen LogP contribution < -0.4 is 14.0 Å². The maximum atomic E-state index is 13.8. The van der Waals surface area contributed by atoms with Crippen molar-refractivity contribution in [3.63, 3.8) is 0 Å². The van der Waals surface area contributed by atoms with E-state index in [1.165, 1.54) is 10.6 Å². The fourth-order valence-corrected chi connectivity index (χ4v) is 2.12. The van der Waals surface area contributed by atoms with E-state index in [1.807, 2.05) is 13.0 Å². The van der Waals surface area contributed by atoms with Crippen LogP contribution >= 0.6 is 11.6 Å². The molecule has 0 amide bonds. The molecule has 0 spiro atoms. The smallest absolute Gasteiger partial charge is 0.280 e. The summed E-state index contributed by atoms with van der Waals surface area (Å²) in [6.45, 7) is 1.62. The summed E-state index contributed by atoms with van der Waals surface area (Å²) in [7, 11) is 0. The third kappa shape index (κ3) is 1.90. The molecule has 4 rings (SSSR count). The number of ether oxygens (including phenoxy) is 2. The predicted molar refractivity (Wildman–Crippen MR) is 63.8 cm³/mol. The Morgan fingerprint density at radius 2 is 2.00 bits per heavy atom. The van der Waals surface area contributed by atoms with Crippen LogP contribution in [0.3, 0.4) is 0 Å². The van der Waals surface area contributed by atoms with Gasteiger partial charge in [-0.3, -0.25) is 0 Å². The van der Waals surface area contributed by atoms with Crippen molar-refractivity contribution in [3.05, 3.63) is 46.7 Å². The number of hydrogen-bond acceptors (Lipinski definition) is 2. The number of hydrogen-bond donors (Lipinski definition) is 0. The van der Waals surface area contributed by atoms with Crippen LogP contribution in [0.1, 0.15) is 5.56 Å². The quantitative estimate of drug-likeness (QED) is 0.593. The molecule has 0 aliphatic carbocycles. The van der Waals surface area contributed by atoms with Crippen LogP contribution in [0.4, 0.5) is 8.78 Å². The first-order valence-electron chi connectivity index (χ1n) is 5.53. The summed E-state index contributed by atoms with van der Waals surface area (Å²) in [5, 5.41) is 0.356. The largest absolute Gasteiger partial charge is 0.454 e. The lowest BCUT2D eigenvalue weighted by atomic mass is 10.2. The summed E-state index contributed by atoms with van der Waals surface area (Å²) in [5.74, 6) is -2.54. The molecular formula is C13H9ClF2NO2+. The molecule has 19 heavy (non-hydrogen) atoms. The van der Waals surface area contributed by atoms with Gasteiger partial charge in [-0.05, 0) is 24.6 Å². The van der Waals surface area contributed by atoms with E-state index >= 15 is 0 Å². The molecule has 0 saturated heterocycles. The SMILES string of the molecule is Cc1ccc(Cl)[n+](-c2cc3c(F)c(F)c2OCO3)c1. The molecular weight excluding hydrogens is 276 g/mol. The van der Waals surface area contributed by atoms with E-state index in [9.17, 15) is 8.78 Å². The fourth-order valence-electron chi connectivity index (χ4n) is 1.92. The monoisotopic (exact) mass is 284 g/mol. The van der Waals surface area contributed by atoms with Crippen molar-refractivity contribution in [1.82, 2.24) is 0 Å². The van der Waals surface area contributed by atoms with Gasteiger partial charge in [0.05, 0.1) is 6.07 Å². The molecule has 1 aromatic heterocycles. The first-order valence-corrected chi connectivity index (χ1v) is 5.91. The van der Waals surface area contributed by atoms with Crippen molar-refractivity contribution in [2.75, 3.05) is 6.79 Å². The van der Waals surface area contributed by atoms with E-state index in [4.69, 9.17) is 21.1 Å². The second kappa shape index (κ2) is 4.35. The Morgan fingerprint density at radius 3 is 2.79 bits per heavy atom. The summed E-state index contributed by atoms with van der Waals surface area (Å²) >= 11 is 6.07. The fraction of sp³-hybridized carbons (Fsp3) is 0.154. The zero-order chi connectivity index (χ0) is 13.6. The van der Waals surface area contributed by atoms with Gasteiger partial charge in [0.2, 0.25) is 24.2 Å². The average Bonchev–Trinajstić information content (AvgIpc) is 2.68. The molecule has 3 nitrogen and oxygen atoms in total. The van der Waals surface area contributed by atoms with Crippen molar-refractivity contribution in [3.8, 4) is 17.2 Å². The van der Waals surface area contributed by atoms with Gasteiger partial charge in [0.15, 0.2) is 11.9 Å². The molecule has 2 bridgehead atoms. The van der Waals surface area contributed by atoms with Crippen molar-refractivity contribution in [2.45, 2.75) is 6.92 Å². The lowest BCUT2D eigenvalue weighted by molar-refractivity contribution is -0.594. The normalized spacial score (nSPS) is 12.8. The molecule has 0 saturated carbocycles. The van der Waals surface area contributed by atoms with E-state index in [0.717, 1.165) is 5.56 Å². The van der Waals surface area contributed by atoms with E-state index in [2.05, 4.69) is 0 Å². The highest BCUT2D eigenvalue weighted by Gasteiger charge is 2.31. The van der Waals surface area contributed by atoms with E-state index in [-0.39, 0.29) is 18.3 Å². The van der Waals surface area contributed by atoms with Crippen molar-refractivity contribution < 1.29 is 22.8 Å². The van der Waals surface area contributed by atoms with Crippen LogP contribution in [-0.2, 0) is 0 Å². The lowest BCUT2D eigenvalue weighted by Crippen LogP contribution is -2.32. The Hall–Kier alpha value is -1.88. The molecule has 3 heterocycles. The molecule has 0 atom stereocenters. The van der Waals surface area contributed by atoms with E-state index < -0.39 is 11.6 Å². The van der Waals surface area contributed by atoms with Crippen molar-refractivity contribution in [2.24, 2.45) is 0 Å². The van der Waals surface area contributed by atoms with Gasteiger partial charge in [-0.2, -0.15) is 8.78 Å². The summed E-state index contributed by atoms with van der Waals surface area (Å²) in [6, 6.07) is 4.85. The molecule has 1 aromatic carbocycles. The Kier molecular flexibility index (Phi) is 2.78. The summed E-state index contributed by atoms with van der Waals surface area (Å²) < 4.78 is 39.0. The first-order chi connectivity index (χ1) is 9.08. The molecule has 2 aromatic rings. The van der Waals surface area contributed by atoms with Gasteiger partial charge in [0, 0.05) is 11.6 Å². The van der Waals surface area contributed by atoms with Crippen LogP contribution in [-0.4, -0.2) is 6.79 Å². The number of nitrogens with zero attached hydrogens (tertiary/aromatic N) is 1. The number of benzene rings is 1. The Labute approximate surface area is 113 Å². The van der Waals surface area contributed by atoms with Gasteiger partial charge < -0.3 is 9.47 Å². The maximum absolute atomic E-state index is 13.8. The topological polar surface area (TPSA) is 22.3 Å². The molecule has 0 radical (unpaired) electrons. The molecule has 2 aliphatic rings. The van der Waals surface area contributed by atoms with Crippen molar-refractivity contribution in [1.29, 1.82) is 0 Å². The Balaban J connectivity index is 2.30. The summed E-state index contributed by atoms with van der Waals surface area (Å²) in [5.41, 5.74) is 1.22. The minimum absolute atomic E-state index is 0.196. The summed E-state index contributed by atoms with van der Waals surface area (Å²) in [6.07, 6.45) is 1.71. The third-order valence-electron chi connectivity index (χ3n) is 2.83. The Morgan fingerprint density at radius 1 is 1.21 bits per heavy atom. The molecule has 2 aliphatic heterocycles. The van der Waals surface area contributed by atoms with Gasteiger partial charge in [-0.15, -0.1) is 4.57 Å². The van der Waals surface area contributed by atoms with Crippen LogP contribution in [0.25, 0.3) is 5.69 Å². The third-order valence-corrected chi connectivity index (χ3v) is 3.14. The lowest BCUT2D eigenvalue weighted by Gasteiger charge is -2.04. The van der Waals surface area contributed by atoms with Gasteiger partial charge >= 0.3 is 0 Å². The molecule has 6 heteroatoms. The first kappa shape index (κ1) is 12.2. The van der Waals surface area contributed by atoms with Crippen LogP contribution in [0, 0.1) is 18.6 Å². The van der Waals surface area contributed by atoms with Crippen molar-refractivity contribution >= 4 is 11.6 Å². The number of rotatable bonds is 1. The van der Waals surface area contributed by atoms with Gasteiger partial charge in [0.25, 0.3) is 10.8 Å². The highest BCUT2D eigenvalue weighted by atomic mass is 35.5. The molecule has 0 N–H and O–H groups in total. The minimum atomic E-state index is -1.07. The molecule has 98 valence electrons. The number of aryl methyl sites for hydroxylation is 1. The number of halogens is 3. The Bertz CT molecular complexity index is 676. The highest BCUT2D eigenvalue weighted by molar-refractivity contribution is 6.28. The zero-order valence-electron chi connectivity index (χ0n) is 9.91. The van der Waals surface area contributed by atoms with Crippen LogP contribution in [0.5, 0.6) is 11.5 Å². The van der Waals surface area contributed by atoms with Crippen LogP contribution in [0.2, 0.25) is 5.15 Å². The summed E-state index contributed by atoms with van der Waals surface area (Å²) in [4.78, 5) is 0. The molecule has 0 unspecified atom stereocenters. The number of aromatic nitrogens is 1. The van der Waals surface area contributed by atoms with Gasteiger partial charge in [-0.25, -0.2) is 0 Å².